The van der Waals surface area contributed by atoms with Crippen molar-refractivity contribution in [2.75, 3.05) is 19.5 Å². The summed E-state index contributed by atoms with van der Waals surface area (Å²) >= 11 is 0. The number of nitrogens with one attached hydrogen (secondary N) is 2. The molecule has 108 valence electrons. The average molecular weight is 284 g/mol. The Kier molecular flexibility index (Phi) is 4.56. The molecule has 0 aliphatic heterocycles. The van der Waals surface area contributed by atoms with Gasteiger partial charge in [0.15, 0.2) is 0 Å². The summed E-state index contributed by atoms with van der Waals surface area (Å²) < 4.78 is 5.16. The van der Waals surface area contributed by atoms with Crippen LogP contribution in [0.2, 0.25) is 0 Å². The first-order valence-corrected chi connectivity index (χ1v) is 6.42. The fraction of sp³-hybridized carbons (Fsp3) is 0.125. The number of para-hydroxylation sites is 1. The van der Waals surface area contributed by atoms with Gasteiger partial charge in [0.2, 0.25) is 0 Å². The standard InChI is InChI=1S/C16H16N2O3/c1-17-15(19)11-7-9-12(10-8-11)18-16(20)13-5-3-4-6-14(13)21-2/h3-10H,1-2H3,(H,17,19)(H,18,20). The van der Waals surface area contributed by atoms with E-state index in [-0.39, 0.29) is 11.8 Å². The molecule has 0 aliphatic carbocycles. The van der Waals surface area contributed by atoms with Crippen molar-refractivity contribution in [3.8, 4) is 5.75 Å². The van der Waals surface area contributed by atoms with Crippen molar-refractivity contribution in [2.24, 2.45) is 0 Å². The number of hydrogen-bond donors (Lipinski definition) is 2. The van der Waals surface area contributed by atoms with Gasteiger partial charge in [-0.15, -0.1) is 0 Å². The molecule has 2 aromatic carbocycles. The molecule has 0 saturated carbocycles. The zero-order valence-electron chi connectivity index (χ0n) is 11.8. The Morgan fingerprint density at radius 2 is 1.62 bits per heavy atom. The minimum absolute atomic E-state index is 0.169. The zero-order chi connectivity index (χ0) is 15.2. The van der Waals surface area contributed by atoms with Crippen LogP contribution in [0.25, 0.3) is 0 Å². The largest absolute Gasteiger partial charge is 0.496 e. The van der Waals surface area contributed by atoms with Crippen LogP contribution in [0.3, 0.4) is 0 Å². The lowest BCUT2D eigenvalue weighted by Gasteiger charge is -2.09. The van der Waals surface area contributed by atoms with Gasteiger partial charge in [-0.3, -0.25) is 9.59 Å². The summed E-state index contributed by atoms with van der Waals surface area (Å²) in [5, 5.41) is 5.31. The number of methoxy groups -OCH3 is 1. The Balaban J connectivity index is 2.14. The van der Waals surface area contributed by atoms with E-state index in [0.717, 1.165) is 0 Å². The molecule has 2 N–H and O–H groups in total. The predicted molar refractivity (Wildman–Crippen MR) is 80.8 cm³/mol. The van der Waals surface area contributed by atoms with Crippen LogP contribution in [0.15, 0.2) is 48.5 Å². The highest BCUT2D eigenvalue weighted by Crippen LogP contribution is 2.19. The number of rotatable bonds is 4. The lowest BCUT2D eigenvalue weighted by Crippen LogP contribution is -2.18. The van der Waals surface area contributed by atoms with Gasteiger partial charge in [-0.1, -0.05) is 12.1 Å². The third-order valence-electron chi connectivity index (χ3n) is 2.98. The quantitative estimate of drug-likeness (QED) is 0.905. The monoisotopic (exact) mass is 284 g/mol. The second kappa shape index (κ2) is 6.56. The summed E-state index contributed by atoms with van der Waals surface area (Å²) in [5.74, 6) is 0.0785. The first-order chi connectivity index (χ1) is 10.2. The molecule has 2 amide bonds. The van der Waals surface area contributed by atoms with E-state index < -0.39 is 0 Å². The van der Waals surface area contributed by atoms with E-state index in [9.17, 15) is 9.59 Å². The molecule has 0 unspecified atom stereocenters. The highest BCUT2D eigenvalue weighted by atomic mass is 16.5. The Labute approximate surface area is 122 Å². The van der Waals surface area contributed by atoms with Crippen molar-refractivity contribution in [2.45, 2.75) is 0 Å². The molecule has 0 aromatic heterocycles. The topological polar surface area (TPSA) is 67.4 Å². The van der Waals surface area contributed by atoms with Gasteiger partial charge in [-0.2, -0.15) is 0 Å². The number of amides is 2. The van der Waals surface area contributed by atoms with E-state index in [1.165, 1.54) is 7.11 Å². The van der Waals surface area contributed by atoms with Gasteiger partial charge in [0, 0.05) is 18.3 Å². The van der Waals surface area contributed by atoms with Crippen molar-refractivity contribution in [1.29, 1.82) is 0 Å². The van der Waals surface area contributed by atoms with Gasteiger partial charge in [0.05, 0.1) is 12.7 Å². The summed E-state index contributed by atoms with van der Waals surface area (Å²) in [4.78, 5) is 23.6. The highest BCUT2D eigenvalue weighted by Gasteiger charge is 2.11. The van der Waals surface area contributed by atoms with Crippen LogP contribution < -0.4 is 15.4 Å². The Hall–Kier alpha value is -2.82. The minimum atomic E-state index is -0.264. The van der Waals surface area contributed by atoms with Gasteiger partial charge >= 0.3 is 0 Å². The molecule has 2 aromatic rings. The van der Waals surface area contributed by atoms with Gasteiger partial charge in [-0.25, -0.2) is 0 Å². The third-order valence-corrected chi connectivity index (χ3v) is 2.98. The first kappa shape index (κ1) is 14.6. The van der Waals surface area contributed by atoms with Crippen molar-refractivity contribution < 1.29 is 14.3 Å². The van der Waals surface area contributed by atoms with Crippen molar-refractivity contribution in [3.05, 3.63) is 59.7 Å². The first-order valence-electron chi connectivity index (χ1n) is 6.42. The maximum absolute atomic E-state index is 12.2. The van der Waals surface area contributed by atoms with Crippen LogP contribution in [0.5, 0.6) is 5.75 Å². The summed E-state index contributed by atoms with van der Waals surface area (Å²) in [6, 6.07) is 13.6. The molecule has 0 saturated heterocycles. The minimum Gasteiger partial charge on any atom is -0.496 e. The van der Waals surface area contributed by atoms with Crippen LogP contribution >= 0.6 is 0 Å². The molecule has 0 bridgehead atoms. The van der Waals surface area contributed by atoms with Crippen molar-refractivity contribution in [1.82, 2.24) is 5.32 Å². The number of carbonyl (C=O) groups excluding carboxylic acids is 2. The number of benzene rings is 2. The Bertz CT molecular complexity index is 651. The van der Waals surface area contributed by atoms with Crippen LogP contribution in [-0.4, -0.2) is 26.0 Å². The van der Waals surface area contributed by atoms with Crippen LogP contribution in [0.4, 0.5) is 5.69 Å². The molecular formula is C16H16N2O3. The van der Waals surface area contributed by atoms with Gasteiger partial charge < -0.3 is 15.4 Å². The lowest BCUT2D eigenvalue weighted by atomic mass is 10.1. The molecule has 5 nitrogen and oxygen atoms in total. The smallest absolute Gasteiger partial charge is 0.259 e. The maximum atomic E-state index is 12.2. The van der Waals surface area contributed by atoms with Crippen LogP contribution in [0, 0.1) is 0 Å². The molecular weight excluding hydrogens is 268 g/mol. The van der Waals surface area contributed by atoms with E-state index >= 15 is 0 Å². The SMILES string of the molecule is CNC(=O)c1ccc(NC(=O)c2ccccc2OC)cc1. The lowest BCUT2D eigenvalue weighted by molar-refractivity contribution is 0.0962. The molecule has 0 fully saturated rings. The van der Waals surface area contributed by atoms with E-state index in [4.69, 9.17) is 4.74 Å². The number of carbonyl (C=O) groups is 2. The van der Waals surface area contributed by atoms with E-state index in [2.05, 4.69) is 10.6 Å². The van der Waals surface area contributed by atoms with Gasteiger partial charge in [-0.05, 0) is 36.4 Å². The highest BCUT2D eigenvalue weighted by molar-refractivity contribution is 6.06. The van der Waals surface area contributed by atoms with E-state index in [1.54, 1.807) is 55.6 Å². The second-order valence-corrected chi connectivity index (χ2v) is 4.31. The molecule has 0 aliphatic rings. The fourth-order valence-electron chi connectivity index (χ4n) is 1.88. The number of anilines is 1. The van der Waals surface area contributed by atoms with E-state index in [0.29, 0.717) is 22.6 Å². The summed E-state index contributed by atoms with van der Waals surface area (Å²) in [7, 11) is 3.09. The Morgan fingerprint density at radius 1 is 0.952 bits per heavy atom. The second-order valence-electron chi connectivity index (χ2n) is 4.31. The van der Waals surface area contributed by atoms with E-state index in [1.807, 2.05) is 0 Å². The molecule has 5 heteroatoms. The van der Waals surface area contributed by atoms with Crippen molar-refractivity contribution >= 4 is 17.5 Å². The summed E-state index contributed by atoms with van der Waals surface area (Å²) in [5.41, 5.74) is 1.60. The molecule has 0 heterocycles. The molecule has 21 heavy (non-hydrogen) atoms. The summed E-state index contributed by atoms with van der Waals surface area (Å²) in [6.07, 6.45) is 0. The van der Waals surface area contributed by atoms with Crippen LogP contribution in [-0.2, 0) is 0 Å². The molecule has 0 radical (unpaired) electrons. The van der Waals surface area contributed by atoms with Gasteiger partial charge in [0.1, 0.15) is 5.75 Å². The number of ether oxygens (including phenoxy) is 1. The Morgan fingerprint density at radius 3 is 2.24 bits per heavy atom. The van der Waals surface area contributed by atoms with Crippen LogP contribution in [0.1, 0.15) is 20.7 Å². The number of hydrogen-bond acceptors (Lipinski definition) is 3. The zero-order valence-corrected chi connectivity index (χ0v) is 11.8. The van der Waals surface area contributed by atoms with Gasteiger partial charge in [0.25, 0.3) is 11.8 Å². The predicted octanol–water partition coefficient (Wildman–Crippen LogP) is 2.31. The molecule has 2 rings (SSSR count). The summed E-state index contributed by atoms with van der Waals surface area (Å²) in [6.45, 7) is 0. The third kappa shape index (κ3) is 3.39. The van der Waals surface area contributed by atoms with Crippen molar-refractivity contribution in [3.63, 3.8) is 0 Å². The molecule has 0 atom stereocenters. The fourth-order valence-corrected chi connectivity index (χ4v) is 1.88. The average Bonchev–Trinajstić information content (AvgIpc) is 2.54. The normalized spacial score (nSPS) is 9.81. The molecule has 0 spiro atoms. The maximum Gasteiger partial charge on any atom is 0.259 e.